The first-order valence-corrected chi connectivity index (χ1v) is 15.3. The molecule has 0 aromatic carbocycles. The van der Waals surface area contributed by atoms with Crippen LogP contribution in [-0.2, 0) is 8.85 Å². The van der Waals surface area contributed by atoms with Gasteiger partial charge in [0, 0.05) is 5.92 Å². The maximum atomic E-state index is 6.79. The minimum Gasteiger partial charge on any atom is -0.547 e. The summed E-state index contributed by atoms with van der Waals surface area (Å²) in [5.74, 6) is 1.49. The van der Waals surface area contributed by atoms with Gasteiger partial charge in [-0.05, 0) is 69.5 Å². The number of allylic oxidation sites excluding steroid dienone is 2. The third-order valence-corrected chi connectivity index (χ3v) is 10.5. The average Bonchev–Trinajstić information content (AvgIpc) is 2.34. The Labute approximate surface area is 146 Å². The van der Waals surface area contributed by atoms with Gasteiger partial charge in [0.1, 0.15) is 0 Å². The second kappa shape index (κ2) is 7.28. The van der Waals surface area contributed by atoms with Gasteiger partial charge in [0.25, 0.3) is 0 Å². The molecular weight excluding hydrogens is 316 g/mol. The third-order valence-electron chi connectivity index (χ3n) is 5.12. The highest BCUT2D eigenvalue weighted by atomic mass is 28.4. The van der Waals surface area contributed by atoms with Crippen LogP contribution in [0.25, 0.3) is 0 Å². The van der Waals surface area contributed by atoms with Crippen molar-refractivity contribution in [2.45, 2.75) is 90.8 Å². The first-order chi connectivity index (χ1) is 10.3. The van der Waals surface area contributed by atoms with Crippen LogP contribution in [-0.4, -0.2) is 22.7 Å². The van der Waals surface area contributed by atoms with Gasteiger partial charge >= 0.3 is 0 Å². The molecule has 1 saturated carbocycles. The summed E-state index contributed by atoms with van der Waals surface area (Å²) >= 11 is 0. The lowest BCUT2D eigenvalue weighted by atomic mass is 9.82. The summed E-state index contributed by atoms with van der Waals surface area (Å²) in [5, 5.41) is 0.229. The van der Waals surface area contributed by atoms with E-state index < -0.39 is 16.6 Å². The van der Waals surface area contributed by atoms with Crippen molar-refractivity contribution in [3.05, 3.63) is 24.0 Å². The van der Waals surface area contributed by atoms with Crippen LogP contribution in [0.15, 0.2) is 24.0 Å². The summed E-state index contributed by atoms with van der Waals surface area (Å²) in [5.41, 5.74) is 1.36. The van der Waals surface area contributed by atoms with Crippen molar-refractivity contribution >= 4 is 16.6 Å². The average molecular weight is 355 g/mol. The van der Waals surface area contributed by atoms with Crippen molar-refractivity contribution in [2.75, 3.05) is 0 Å². The van der Waals surface area contributed by atoms with Crippen LogP contribution in [0, 0.1) is 5.92 Å². The van der Waals surface area contributed by atoms with E-state index in [1.807, 2.05) is 0 Å². The molecule has 2 atom stereocenters. The van der Waals surface area contributed by atoms with Gasteiger partial charge in [0.05, 0.1) is 11.9 Å². The highest BCUT2D eigenvalue weighted by molar-refractivity contribution is 6.74. The quantitative estimate of drug-likeness (QED) is 0.319. The van der Waals surface area contributed by atoms with E-state index in [0.717, 1.165) is 12.2 Å². The molecule has 0 bridgehead atoms. The Morgan fingerprint density at radius 3 is 2.13 bits per heavy atom. The minimum absolute atomic E-state index is 0.198. The number of rotatable bonds is 5. The predicted molar refractivity (Wildman–Crippen MR) is 107 cm³/mol. The van der Waals surface area contributed by atoms with E-state index in [0.29, 0.717) is 5.92 Å². The zero-order chi connectivity index (χ0) is 18.1. The number of hydrogen-bond donors (Lipinski definition) is 0. The van der Waals surface area contributed by atoms with Crippen LogP contribution < -0.4 is 0 Å². The molecular formula is C19H38O2Si2. The van der Waals surface area contributed by atoms with Crippen molar-refractivity contribution in [2.24, 2.45) is 5.92 Å². The molecule has 0 unspecified atom stereocenters. The van der Waals surface area contributed by atoms with Gasteiger partial charge in [-0.15, -0.1) is 6.58 Å². The van der Waals surface area contributed by atoms with Crippen LogP contribution in [0.2, 0.25) is 37.8 Å². The Kier molecular flexibility index (Phi) is 6.56. The second-order valence-electron chi connectivity index (χ2n) is 9.37. The molecule has 0 heterocycles. The normalized spacial score (nSPS) is 26.0. The van der Waals surface area contributed by atoms with Gasteiger partial charge in [-0.3, -0.25) is 0 Å². The van der Waals surface area contributed by atoms with Crippen molar-refractivity contribution < 1.29 is 8.85 Å². The third kappa shape index (κ3) is 5.61. The Morgan fingerprint density at radius 2 is 1.70 bits per heavy atom. The Bertz CT molecular complexity index is 453. The summed E-state index contributed by atoms with van der Waals surface area (Å²) in [4.78, 5) is 0. The predicted octanol–water partition coefficient (Wildman–Crippen LogP) is 6.49. The Balaban J connectivity index is 3.17. The lowest BCUT2D eigenvalue weighted by Gasteiger charge is -2.43. The second-order valence-corrected chi connectivity index (χ2v) is 18.6. The lowest BCUT2D eigenvalue weighted by Crippen LogP contribution is -2.46. The molecule has 0 saturated heterocycles. The molecule has 23 heavy (non-hydrogen) atoms. The molecule has 0 aromatic rings. The van der Waals surface area contributed by atoms with Crippen LogP contribution >= 0.6 is 0 Å². The highest BCUT2D eigenvalue weighted by Crippen LogP contribution is 2.42. The van der Waals surface area contributed by atoms with Crippen molar-refractivity contribution in [1.82, 2.24) is 0 Å². The SMILES string of the molecule is C=C[C@H]1CCC[C@H](O[Si](C)(C)C(C)(C)C)/C1=C(/C)O[Si](C)(C)C. The van der Waals surface area contributed by atoms with Gasteiger partial charge in [-0.2, -0.15) is 0 Å². The molecule has 1 fully saturated rings. The van der Waals surface area contributed by atoms with E-state index >= 15 is 0 Å². The molecule has 1 aliphatic rings. The maximum absolute atomic E-state index is 6.79. The monoisotopic (exact) mass is 354 g/mol. The summed E-state index contributed by atoms with van der Waals surface area (Å²) in [7, 11) is -3.40. The molecule has 1 rings (SSSR count). The molecule has 4 heteroatoms. The molecule has 0 aromatic heterocycles. The first kappa shape index (κ1) is 20.7. The first-order valence-electron chi connectivity index (χ1n) is 8.98. The van der Waals surface area contributed by atoms with E-state index in [1.165, 1.54) is 18.4 Å². The van der Waals surface area contributed by atoms with E-state index in [-0.39, 0.29) is 11.1 Å². The van der Waals surface area contributed by atoms with Gasteiger partial charge < -0.3 is 8.85 Å². The van der Waals surface area contributed by atoms with Crippen LogP contribution in [0.5, 0.6) is 0 Å². The van der Waals surface area contributed by atoms with Gasteiger partial charge in [-0.1, -0.05) is 26.8 Å². The molecule has 0 amide bonds. The minimum atomic E-state index is -1.79. The highest BCUT2D eigenvalue weighted by Gasteiger charge is 2.41. The maximum Gasteiger partial charge on any atom is 0.241 e. The zero-order valence-electron chi connectivity index (χ0n) is 16.9. The molecule has 1 aliphatic carbocycles. The molecule has 0 aliphatic heterocycles. The van der Waals surface area contributed by atoms with Gasteiger partial charge in [0.2, 0.25) is 8.32 Å². The van der Waals surface area contributed by atoms with Gasteiger partial charge in [0.15, 0.2) is 8.32 Å². The molecule has 0 spiro atoms. The van der Waals surface area contributed by atoms with E-state index in [2.05, 4.69) is 73.1 Å². The van der Waals surface area contributed by atoms with Crippen molar-refractivity contribution in [3.63, 3.8) is 0 Å². The lowest BCUT2D eigenvalue weighted by molar-refractivity contribution is 0.165. The van der Waals surface area contributed by atoms with E-state index in [9.17, 15) is 0 Å². The van der Waals surface area contributed by atoms with Gasteiger partial charge in [-0.25, -0.2) is 0 Å². The van der Waals surface area contributed by atoms with E-state index in [1.54, 1.807) is 0 Å². The molecule has 2 nitrogen and oxygen atoms in total. The van der Waals surface area contributed by atoms with Crippen LogP contribution in [0.4, 0.5) is 0 Å². The molecule has 0 N–H and O–H groups in total. The topological polar surface area (TPSA) is 18.5 Å². The Morgan fingerprint density at radius 1 is 1.13 bits per heavy atom. The summed E-state index contributed by atoms with van der Waals surface area (Å²) in [6, 6.07) is 0. The smallest absolute Gasteiger partial charge is 0.241 e. The zero-order valence-corrected chi connectivity index (χ0v) is 18.9. The fourth-order valence-electron chi connectivity index (χ4n) is 2.98. The van der Waals surface area contributed by atoms with Crippen LogP contribution in [0.1, 0.15) is 47.0 Å². The summed E-state index contributed by atoms with van der Waals surface area (Å²) in [6.07, 6.45) is 5.78. The fraction of sp³-hybridized carbons (Fsp3) is 0.789. The van der Waals surface area contributed by atoms with Crippen molar-refractivity contribution in [1.29, 1.82) is 0 Å². The standard InChI is InChI=1S/C19H38O2Si2/c1-11-16-13-12-14-17(21-23(9,10)19(3,4)5)18(16)15(2)20-22(6,7)8/h11,16-17H,1,12-14H2,2-10H3/b18-15-/t16-,17-/m0/s1. The largest absolute Gasteiger partial charge is 0.547 e. The fourth-order valence-corrected chi connectivity index (χ4v) is 5.32. The summed E-state index contributed by atoms with van der Waals surface area (Å²) < 4.78 is 13.1. The summed E-state index contributed by atoms with van der Waals surface area (Å²) in [6.45, 7) is 24.5. The Hall–Kier alpha value is -0.326. The molecule has 0 radical (unpaired) electrons. The van der Waals surface area contributed by atoms with Crippen LogP contribution in [0.3, 0.4) is 0 Å². The number of hydrogen-bond acceptors (Lipinski definition) is 2. The van der Waals surface area contributed by atoms with E-state index in [4.69, 9.17) is 8.85 Å². The van der Waals surface area contributed by atoms with Crippen molar-refractivity contribution in [3.8, 4) is 0 Å². The molecule has 134 valence electrons.